The summed E-state index contributed by atoms with van der Waals surface area (Å²) in [6, 6.07) is 1.38. The number of halogens is 4. The summed E-state index contributed by atoms with van der Waals surface area (Å²) in [5.41, 5.74) is 5.70. The van der Waals surface area contributed by atoms with Gasteiger partial charge in [-0.1, -0.05) is 0 Å². The van der Waals surface area contributed by atoms with Crippen LogP contribution < -0.4 is 5.73 Å². The Morgan fingerprint density at radius 1 is 1.46 bits per heavy atom. The largest absolute Gasteiger partial charge is 0.325 e. The fourth-order valence-electron chi connectivity index (χ4n) is 0.815. The summed E-state index contributed by atoms with van der Waals surface area (Å²) in [4.78, 5) is 3.76. The second-order valence-electron chi connectivity index (χ2n) is 2.29. The molecule has 6 heteroatoms. The first-order valence-electron chi connectivity index (χ1n) is 3.39. The van der Waals surface area contributed by atoms with Gasteiger partial charge < -0.3 is 5.73 Å². The molecule has 1 rings (SSSR count). The summed E-state index contributed by atoms with van der Waals surface area (Å²) in [5.74, 6) is 0. The van der Waals surface area contributed by atoms with E-state index in [-0.39, 0.29) is 12.2 Å². The molecule has 0 amide bonds. The Bertz CT molecular complexity index is 318. The quantitative estimate of drug-likeness (QED) is 0.763. The normalized spacial score (nSPS) is 10.9. The van der Waals surface area contributed by atoms with Crippen LogP contribution in [0, 0.1) is 7.14 Å². The molecule has 2 nitrogen and oxygen atoms in total. The summed E-state index contributed by atoms with van der Waals surface area (Å²) in [6.45, 7) is 0.189. The monoisotopic (exact) mass is 410 g/mol. The molecule has 0 aliphatic rings. The maximum Gasteiger partial charge on any atom is 0.280 e. The van der Waals surface area contributed by atoms with E-state index in [1.54, 1.807) is 0 Å². The average molecular weight is 410 g/mol. The molecule has 0 bridgehead atoms. The predicted octanol–water partition coefficient (Wildman–Crippen LogP) is 2.69. The van der Waals surface area contributed by atoms with Gasteiger partial charge in [0.1, 0.15) is 5.69 Å². The third kappa shape index (κ3) is 2.69. The number of pyridine rings is 1. The van der Waals surface area contributed by atoms with Crippen LogP contribution in [0.3, 0.4) is 0 Å². The first-order valence-corrected chi connectivity index (χ1v) is 5.55. The van der Waals surface area contributed by atoms with Crippen LogP contribution in [-0.4, -0.2) is 4.98 Å². The van der Waals surface area contributed by atoms with Gasteiger partial charge in [0.25, 0.3) is 6.43 Å². The molecule has 13 heavy (non-hydrogen) atoms. The molecule has 0 aromatic carbocycles. The van der Waals surface area contributed by atoms with Crippen LogP contribution in [0.15, 0.2) is 6.07 Å². The van der Waals surface area contributed by atoms with Crippen molar-refractivity contribution >= 4 is 45.2 Å². The number of hydrogen-bond acceptors (Lipinski definition) is 2. The molecular formula is C7H6F2I2N2. The zero-order valence-electron chi connectivity index (χ0n) is 6.40. The second kappa shape index (κ2) is 4.78. The Morgan fingerprint density at radius 3 is 2.54 bits per heavy atom. The fraction of sp³-hybridized carbons (Fsp3) is 0.286. The molecule has 2 N–H and O–H groups in total. The molecule has 1 heterocycles. The van der Waals surface area contributed by atoms with Crippen LogP contribution in [0.5, 0.6) is 0 Å². The van der Waals surface area contributed by atoms with Crippen molar-refractivity contribution in [1.82, 2.24) is 4.98 Å². The number of alkyl halides is 2. The average Bonchev–Trinajstić information content (AvgIpc) is 2.09. The summed E-state index contributed by atoms with van der Waals surface area (Å²) in [6.07, 6.45) is -2.53. The lowest BCUT2D eigenvalue weighted by Gasteiger charge is -2.06. The first kappa shape index (κ1) is 11.5. The Hall–Kier alpha value is 0.430. The highest BCUT2D eigenvalue weighted by molar-refractivity contribution is 14.1. The molecular weight excluding hydrogens is 404 g/mol. The van der Waals surface area contributed by atoms with Gasteiger partial charge in [0.05, 0.1) is 5.69 Å². The first-order chi connectivity index (χ1) is 6.06. The van der Waals surface area contributed by atoms with Crippen molar-refractivity contribution in [1.29, 1.82) is 0 Å². The fourth-order valence-corrected chi connectivity index (χ4v) is 1.94. The summed E-state index contributed by atoms with van der Waals surface area (Å²) in [5, 5.41) is 0. The lowest BCUT2D eigenvalue weighted by atomic mass is 10.3. The summed E-state index contributed by atoms with van der Waals surface area (Å²) in [7, 11) is 0. The zero-order valence-corrected chi connectivity index (χ0v) is 10.7. The van der Waals surface area contributed by atoms with Crippen LogP contribution >= 0.6 is 45.2 Å². The van der Waals surface area contributed by atoms with Crippen LogP contribution in [0.1, 0.15) is 17.8 Å². The smallest absolute Gasteiger partial charge is 0.280 e. The molecule has 1 aromatic rings. The predicted molar refractivity (Wildman–Crippen MR) is 62.5 cm³/mol. The van der Waals surface area contributed by atoms with E-state index in [2.05, 4.69) is 27.6 Å². The van der Waals surface area contributed by atoms with Gasteiger partial charge in [-0.2, -0.15) is 0 Å². The van der Waals surface area contributed by atoms with Gasteiger partial charge in [0, 0.05) is 13.7 Å². The van der Waals surface area contributed by atoms with Gasteiger partial charge in [0.15, 0.2) is 0 Å². The van der Waals surface area contributed by atoms with Crippen molar-refractivity contribution in [2.24, 2.45) is 5.73 Å². The van der Waals surface area contributed by atoms with E-state index < -0.39 is 6.43 Å². The van der Waals surface area contributed by atoms with Crippen LogP contribution in [0.2, 0.25) is 0 Å². The summed E-state index contributed by atoms with van der Waals surface area (Å²) >= 11 is 4.05. The maximum atomic E-state index is 12.3. The lowest BCUT2D eigenvalue weighted by molar-refractivity contribution is 0.145. The molecule has 0 fully saturated rings. The van der Waals surface area contributed by atoms with E-state index in [9.17, 15) is 8.78 Å². The Morgan fingerprint density at radius 2 is 2.08 bits per heavy atom. The molecule has 0 aliphatic heterocycles. The second-order valence-corrected chi connectivity index (χ2v) is 4.54. The molecule has 0 saturated carbocycles. The number of rotatable bonds is 2. The minimum Gasteiger partial charge on any atom is -0.325 e. The van der Waals surface area contributed by atoms with Crippen molar-refractivity contribution in [2.45, 2.75) is 13.0 Å². The highest BCUT2D eigenvalue weighted by atomic mass is 127. The van der Waals surface area contributed by atoms with Gasteiger partial charge in [-0.25, -0.2) is 13.8 Å². The van der Waals surface area contributed by atoms with Crippen molar-refractivity contribution in [2.75, 3.05) is 0 Å². The number of hydrogen-bond donors (Lipinski definition) is 1. The third-order valence-corrected chi connectivity index (χ3v) is 4.51. The maximum absolute atomic E-state index is 12.3. The minimum absolute atomic E-state index is 0.189. The molecule has 0 unspecified atom stereocenters. The topological polar surface area (TPSA) is 38.9 Å². The third-order valence-electron chi connectivity index (χ3n) is 1.42. The molecule has 0 radical (unpaired) electrons. The molecule has 1 aromatic heterocycles. The van der Waals surface area contributed by atoms with Crippen molar-refractivity contribution in [3.05, 3.63) is 24.6 Å². The Kier molecular flexibility index (Phi) is 4.23. The van der Waals surface area contributed by atoms with Crippen LogP contribution in [0.4, 0.5) is 8.78 Å². The molecule has 72 valence electrons. The highest BCUT2D eigenvalue weighted by Gasteiger charge is 2.13. The van der Waals surface area contributed by atoms with Gasteiger partial charge in [0.2, 0.25) is 0 Å². The lowest BCUT2D eigenvalue weighted by Crippen LogP contribution is -2.06. The van der Waals surface area contributed by atoms with Crippen molar-refractivity contribution in [3.63, 3.8) is 0 Å². The van der Waals surface area contributed by atoms with E-state index in [0.717, 1.165) is 7.14 Å². The number of nitrogens with zero attached hydrogens (tertiary/aromatic N) is 1. The van der Waals surface area contributed by atoms with E-state index in [1.807, 2.05) is 22.6 Å². The Balaban J connectivity index is 3.22. The number of nitrogens with two attached hydrogens (primary N) is 1. The van der Waals surface area contributed by atoms with E-state index in [4.69, 9.17) is 5.73 Å². The van der Waals surface area contributed by atoms with Gasteiger partial charge >= 0.3 is 0 Å². The molecule has 0 saturated heterocycles. The number of aromatic nitrogens is 1. The summed E-state index contributed by atoms with van der Waals surface area (Å²) < 4.78 is 26.2. The standard InChI is InChI=1S/C7H6F2I2N2/c8-7(9)4-1-3(10)6(11)5(2-12)13-4/h1,7H,2,12H2. The van der Waals surface area contributed by atoms with Crippen molar-refractivity contribution in [3.8, 4) is 0 Å². The van der Waals surface area contributed by atoms with E-state index in [0.29, 0.717) is 5.69 Å². The molecule has 0 spiro atoms. The zero-order chi connectivity index (χ0) is 10.0. The molecule has 0 atom stereocenters. The SMILES string of the molecule is NCc1nc(C(F)F)cc(I)c1I. The highest BCUT2D eigenvalue weighted by Crippen LogP contribution is 2.24. The molecule has 0 aliphatic carbocycles. The Labute approximate surface area is 102 Å². The van der Waals surface area contributed by atoms with Gasteiger partial charge in [-0.15, -0.1) is 0 Å². The van der Waals surface area contributed by atoms with E-state index >= 15 is 0 Å². The van der Waals surface area contributed by atoms with Crippen LogP contribution in [0.25, 0.3) is 0 Å². The van der Waals surface area contributed by atoms with Gasteiger partial charge in [-0.05, 0) is 51.2 Å². The van der Waals surface area contributed by atoms with Crippen LogP contribution in [-0.2, 0) is 6.54 Å². The van der Waals surface area contributed by atoms with Crippen molar-refractivity contribution < 1.29 is 8.78 Å². The van der Waals surface area contributed by atoms with E-state index in [1.165, 1.54) is 6.07 Å². The van der Waals surface area contributed by atoms with Gasteiger partial charge in [-0.3, -0.25) is 0 Å². The minimum atomic E-state index is -2.53.